The summed E-state index contributed by atoms with van der Waals surface area (Å²) >= 11 is 0. The quantitative estimate of drug-likeness (QED) is 0.768. The van der Waals surface area contributed by atoms with Crippen LogP contribution in [-0.2, 0) is 15.5 Å². The predicted molar refractivity (Wildman–Crippen MR) is 59.7 cm³/mol. The highest BCUT2D eigenvalue weighted by Gasteiger charge is 2.32. The molecule has 84 valence electrons. The highest BCUT2D eigenvalue weighted by molar-refractivity contribution is 7.85. The molecule has 0 aromatic carbocycles. The molecule has 3 unspecified atom stereocenters. The van der Waals surface area contributed by atoms with Crippen LogP contribution in [0.3, 0.4) is 0 Å². The van der Waals surface area contributed by atoms with E-state index >= 15 is 0 Å². The molecule has 3 atom stereocenters. The second-order valence-corrected chi connectivity index (χ2v) is 6.53. The second-order valence-electron chi connectivity index (χ2n) is 4.63. The summed E-state index contributed by atoms with van der Waals surface area (Å²) in [6.07, 6.45) is 2.25. The molecule has 0 aliphatic carbocycles. The third kappa shape index (κ3) is 3.33. The summed E-state index contributed by atoms with van der Waals surface area (Å²) < 4.78 is 17.5. The molecule has 14 heavy (non-hydrogen) atoms. The Morgan fingerprint density at radius 2 is 2.29 bits per heavy atom. The summed E-state index contributed by atoms with van der Waals surface area (Å²) in [4.78, 5) is 0. The van der Waals surface area contributed by atoms with Crippen molar-refractivity contribution < 1.29 is 8.95 Å². The van der Waals surface area contributed by atoms with Gasteiger partial charge in [0.1, 0.15) is 0 Å². The first kappa shape index (κ1) is 12.1. The molecule has 2 N–H and O–H groups in total. The smallest absolute Gasteiger partial charge is 0.0698 e. The maximum Gasteiger partial charge on any atom is 0.0698 e. The molecule has 0 aromatic rings. The number of rotatable bonds is 4. The van der Waals surface area contributed by atoms with E-state index in [0.717, 1.165) is 12.8 Å². The molecule has 0 saturated carbocycles. The lowest BCUT2D eigenvalue weighted by molar-refractivity contribution is -0.00502. The summed E-state index contributed by atoms with van der Waals surface area (Å²) in [5.41, 5.74) is 5.44. The summed E-state index contributed by atoms with van der Waals surface area (Å²) in [5.74, 6) is 0.641. The van der Waals surface area contributed by atoms with E-state index in [0.29, 0.717) is 12.3 Å². The number of hydrogen-bond acceptors (Lipinski definition) is 3. The van der Waals surface area contributed by atoms with Crippen molar-refractivity contribution in [1.82, 2.24) is 0 Å². The molecule has 0 aromatic heterocycles. The maximum atomic E-state index is 11.7. The SMILES string of the molecule is CC(CN)S(=O)CC1CCC(C)(C)O1. The summed E-state index contributed by atoms with van der Waals surface area (Å²) in [6, 6.07) is 0. The summed E-state index contributed by atoms with van der Waals surface area (Å²) in [7, 11) is -0.838. The molecule has 1 fully saturated rings. The number of ether oxygens (including phenoxy) is 1. The van der Waals surface area contributed by atoms with Crippen molar-refractivity contribution in [1.29, 1.82) is 0 Å². The molecule has 1 aliphatic heterocycles. The van der Waals surface area contributed by atoms with Crippen molar-refractivity contribution in [3.05, 3.63) is 0 Å². The average molecular weight is 219 g/mol. The minimum absolute atomic E-state index is 0.0270. The van der Waals surface area contributed by atoms with Crippen LogP contribution < -0.4 is 5.73 Å². The third-order valence-corrected chi connectivity index (χ3v) is 4.48. The first-order valence-electron chi connectivity index (χ1n) is 5.19. The third-order valence-electron chi connectivity index (χ3n) is 2.68. The van der Waals surface area contributed by atoms with Crippen LogP contribution in [0.1, 0.15) is 33.6 Å². The molecule has 0 spiro atoms. The predicted octanol–water partition coefficient (Wildman–Crippen LogP) is 1.04. The lowest BCUT2D eigenvalue weighted by Crippen LogP contribution is -2.29. The fourth-order valence-electron chi connectivity index (χ4n) is 1.65. The van der Waals surface area contributed by atoms with Gasteiger partial charge in [-0.3, -0.25) is 4.21 Å². The first-order chi connectivity index (χ1) is 6.44. The Kier molecular flexibility index (Phi) is 4.10. The van der Waals surface area contributed by atoms with Crippen LogP contribution >= 0.6 is 0 Å². The molecule has 0 bridgehead atoms. The van der Waals surface area contributed by atoms with E-state index in [1.807, 2.05) is 6.92 Å². The molecule has 0 amide bonds. The summed E-state index contributed by atoms with van der Waals surface area (Å²) in [5, 5.41) is 0.0855. The Morgan fingerprint density at radius 1 is 1.64 bits per heavy atom. The van der Waals surface area contributed by atoms with E-state index in [4.69, 9.17) is 10.5 Å². The average Bonchev–Trinajstić information content (AvgIpc) is 2.44. The molecule has 4 heteroatoms. The number of hydrogen-bond donors (Lipinski definition) is 1. The standard InChI is InChI=1S/C10H21NO2S/c1-8(6-11)14(12)7-9-4-5-10(2,3)13-9/h8-9H,4-7,11H2,1-3H3. The Hall–Kier alpha value is 0.0700. The van der Waals surface area contributed by atoms with Gasteiger partial charge in [-0.05, 0) is 33.6 Å². The fourth-order valence-corrected chi connectivity index (χ4v) is 2.79. The van der Waals surface area contributed by atoms with Crippen LogP contribution in [0, 0.1) is 0 Å². The highest BCUT2D eigenvalue weighted by Crippen LogP contribution is 2.29. The van der Waals surface area contributed by atoms with E-state index in [1.165, 1.54) is 0 Å². The zero-order valence-electron chi connectivity index (χ0n) is 9.29. The first-order valence-corrected chi connectivity index (χ1v) is 6.58. The van der Waals surface area contributed by atoms with E-state index in [9.17, 15) is 4.21 Å². The van der Waals surface area contributed by atoms with Crippen molar-refractivity contribution in [3.63, 3.8) is 0 Å². The largest absolute Gasteiger partial charge is 0.371 e. The molecule has 1 aliphatic rings. The Morgan fingerprint density at radius 3 is 2.71 bits per heavy atom. The van der Waals surface area contributed by atoms with Gasteiger partial charge in [-0.2, -0.15) is 0 Å². The minimum atomic E-state index is -0.838. The van der Waals surface area contributed by atoms with E-state index < -0.39 is 10.8 Å². The topological polar surface area (TPSA) is 52.3 Å². The lowest BCUT2D eigenvalue weighted by Gasteiger charge is -2.19. The normalized spacial score (nSPS) is 30.1. The van der Waals surface area contributed by atoms with Gasteiger partial charge in [-0.25, -0.2) is 0 Å². The monoisotopic (exact) mass is 219 g/mol. The highest BCUT2D eigenvalue weighted by atomic mass is 32.2. The second kappa shape index (κ2) is 4.73. The van der Waals surface area contributed by atoms with Crippen molar-refractivity contribution in [2.75, 3.05) is 12.3 Å². The van der Waals surface area contributed by atoms with Gasteiger partial charge >= 0.3 is 0 Å². The van der Waals surface area contributed by atoms with E-state index in [1.54, 1.807) is 0 Å². The molecule has 0 radical (unpaired) electrons. The zero-order valence-corrected chi connectivity index (χ0v) is 10.1. The van der Waals surface area contributed by atoms with Crippen LogP contribution in [0.2, 0.25) is 0 Å². The lowest BCUT2D eigenvalue weighted by atomic mass is 10.1. The van der Waals surface area contributed by atoms with Gasteiger partial charge in [-0.15, -0.1) is 0 Å². The minimum Gasteiger partial charge on any atom is -0.371 e. The van der Waals surface area contributed by atoms with Gasteiger partial charge in [0.25, 0.3) is 0 Å². The Balaban J connectivity index is 2.36. The number of nitrogens with two attached hydrogens (primary N) is 1. The van der Waals surface area contributed by atoms with Gasteiger partial charge in [0.15, 0.2) is 0 Å². The molecule has 1 saturated heterocycles. The van der Waals surface area contributed by atoms with Crippen molar-refractivity contribution in [2.45, 2.75) is 50.6 Å². The van der Waals surface area contributed by atoms with Crippen LogP contribution in [0.5, 0.6) is 0 Å². The van der Waals surface area contributed by atoms with Gasteiger partial charge in [0.2, 0.25) is 0 Å². The van der Waals surface area contributed by atoms with Gasteiger partial charge < -0.3 is 10.5 Å². The van der Waals surface area contributed by atoms with Gasteiger partial charge in [-0.1, -0.05) is 0 Å². The maximum absolute atomic E-state index is 11.7. The molecule has 1 heterocycles. The molecular weight excluding hydrogens is 198 g/mol. The molecular formula is C10H21NO2S. The van der Waals surface area contributed by atoms with Crippen molar-refractivity contribution in [2.24, 2.45) is 5.73 Å². The molecule has 1 rings (SSSR count). The fraction of sp³-hybridized carbons (Fsp3) is 1.00. The van der Waals surface area contributed by atoms with Crippen LogP contribution in [-0.4, -0.2) is 33.5 Å². The van der Waals surface area contributed by atoms with Crippen LogP contribution in [0.4, 0.5) is 0 Å². The van der Waals surface area contributed by atoms with Crippen molar-refractivity contribution >= 4 is 10.8 Å². The molecule has 3 nitrogen and oxygen atoms in total. The van der Waals surface area contributed by atoms with Crippen LogP contribution in [0.15, 0.2) is 0 Å². The van der Waals surface area contributed by atoms with Crippen molar-refractivity contribution in [3.8, 4) is 0 Å². The van der Waals surface area contributed by atoms with E-state index in [-0.39, 0.29) is 17.0 Å². The van der Waals surface area contributed by atoms with Crippen LogP contribution in [0.25, 0.3) is 0 Å². The Labute approximate surface area is 88.8 Å². The summed E-state index contributed by atoms with van der Waals surface area (Å²) in [6.45, 7) is 6.59. The van der Waals surface area contributed by atoms with Gasteiger partial charge in [0.05, 0.1) is 17.5 Å². The Bertz CT molecular complexity index is 218. The van der Waals surface area contributed by atoms with Gasteiger partial charge in [0, 0.05) is 22.6 Å². The zero-order chi connectivity index (χ0) is 10.8. The van der Waals surface area contributed by atoms with E-state index in [2.05, 4.69) is 13.8 Å².